The summed E-state index contributed by atoms with van der Waals surface area (Å²) in [6.45, 7) is 3.20. The molecular formula is C21H22ClN3OS. The Balaban J connectivity index is 1.34. The molecular weight excluding hydrogens is 378 g/mol. The summed E-state index contributed by atoms with van der Waals surface area (Å²) < 4.78 is 0.812. The van der Waals surface area contributed by atoms with Crippen molar-refractivity contribution < 1.29 is 4.79 Å². The number of halogens is 1. The van der Waals surface area contributed by atoms with Gasteiger partial charge in [0.25, 0.3) is 5.91 Å². The number of carbonyl (C=O) groups excluding carboxylic acids is 1. The van der Waals surface area contributed by atoms with E-state index in [1.54, 1.807) is 11.3 Å². The first kappa shape index (κ1) is 17.1. The third kappa shape index (κ3) is 3.13. The van der Waals surface area contributed by atoms with E-state index in [9.17, 15) is 4.79 Å². The molecule has 1 saturated heterocycles. The van der Waals surface area contributed by atoms with Crippen molar-refractivity contribution in [2.24, 2.45) is 0 Å². The number of thiophene rings is 1. The Bertz CT molecular complexity index is 1000. The van der Waals surface area contributed by atoms with Crippen LogP contribution in [0.3, 0.4) is 0 Å². The number of fused-ring (bicyclic) bond motifs is 3. The molecule has 0 unspecified atom stereocenters. The van der Waals surface area contributed by atoms with E-state index in [4.69, 9.17) is 11.6 Å². The van der Waals surface area contributed by atoms with Gasteiger partial charge >= 0.3 is 0 Å². The van der Waals surface area contributed by atoms with E-state index in [1.807, 2.05) is 17.0 Å². The number of nitrogens with zero attached hydrogens (tertiary/aromatic N) is 2. The lowest BCUT2D eigenvalue weighted by molar-refractivity contribution is 0.0747. The lowest BCUT2D eigenvalue weighted by Gasteiger charge is -2.35. The fraction of sp³-hybridized carbons (Fsp3) is 0.381. The first-order valence-corrected chi connectivity index (χ1v) is 10.8. The minimum absolute atomic E-state index is 0.145. The monoisotopic (exact) mass is 399 g/mol. The van der Waals surface area contributed by atoms with Gasteiger partial charge in [0.1, 0.15) is 0 Å². The molecule has 0 radical (unpaired) electrons. The lowest BCUT2D eigenvalue weighted by Crippen LogP contribution is -2.48. The number of carbonyl (C=O) groups is 1. The number of nitrogens with one attached hydrogen (secondary N) is 1. The number of rotatable bonds is 2. The topological polar surface area (TPSA) is 39.3 Å². The highest BCUT2D eigenvalue weighted by molar-refractivity contribution is 7.19. The SMILES string of the molecule is O=C(c1ccc2[nH]c3c(c2c1)CCCC3)N1CCN(c2ccc(Cl)s2)CC1. The van der Waals surface area contributed by atoms with Crippen LogP contribution in [0, 0.1) is 0 Å². The Morgan fingerprint density at radius 2 is 1.85 bits per heavy atom. The van der Waals surface area contributed by atoms with Crippen LogP contribution in [-0.4, -0.2) is 42.0 Å². The highest BCUT2D eigenvalue weighted by atomic mass is 35.5. The van der Waals surface area contributed by atoms with Gasteiger partial charge in [-0.2, -0.15) is 0 Å². The van der Waals surface area contributed by atoms with E-state index in [0.29, 0.717) is 0 Å². The first-order valence-electron chi connectivity index (χ1n) is 9.62. The molecule has 3 aromatic rings. The van der Waals surface area contributed by atoms with Crippen molar-refractivity contribution in [2.75, 3.05) is 31.1 Å². The summed E-state index contributed by atoms with van der Waals surface area (Å²) in [5.41, 5.74) is 4.76. The minimum atomic E-state index is 0.145. The van der Waals surface area contributed by atoms with Crippen LogP contribution in [0.5, 0.6) is 0 Å². The number of H-pyrrole nitrogens is 1. The number of aromatic amines is 1. The van der Waals surface area contributed by atoms with Gasteiger partial charge in [0.15, 0.2) is 0 Å². The van der Waals surface area contributed by atoms with Gasteiger partial charge in [-0.1, -0.05) is 11.6 Å². The van der Waals surface area contributed by atoms with Gasteiger partial charge in [0.05, 0.1) is 9.34 Å². The van der Waals surface area contributed by atoms with E-state index >= 15 is 0 Å². The smallest absolute Gasteiger partial charge is 0.253 e. The van der Waals surface area contributed by atoms with Gasteiger partial charge in [0, 0.05) is 48.3 Å². The molecule has 0 atom stereocenters. The maximum Gasteiger partial charge on any atom is 0.253 e. The summed E-state index contributed by atoms with van der Waals surface area (Å²) in [6.07, 6.45) is 4.75. The average molecular weight is 400 g/mol. The maximum absolute atomic E-state index is 13.1. The van der Waals surface area contributed by atoms with Crippen LogP contribution < -0.4 is 4.90 Å². The molecule has 3 heterocycles. The molecule has 1 aliphatic carbocycles. The Labute approximate surface area is 167 Å². The number of hydrogen-bond donors (Lipinski definition) is 1. The van der Waals surface area contributed by atoms with Crippen molar-refractivity contribution in [1.29, 1.82) is 0 Å². The zero-order chi connectivity index (χ0) is 18.4. The molecule has 2 aromatic heterocycles. The molecule has 1 aromatic carbocycles. The number of aromatic nitrogens is 1. The van der Waals surface area contributed by atoms with Crippen molar-refractivity contribution in [3.05, 3.63) is 51.5 Å². The van der Waals surface area contributed by atoms with Crippen molar-refractivity contribution in [1.82, 2.24) is 9.88 Å². The van der Waals surface area contributed by atoms with Crippen molar-refractivity contribution in [3.63, 3.8) is 0 Å². The van der Waals surface area contributed by atoms with Crippen LogP contribution in [0.4, 0.5) is 5.00 Å². The number of anilines is 1. The predicted molar refractivity (Wildman–Crippen MR) is 112 cm³/mol. The van der Waals surface area contributed by atoms with E-state index in [2.05, 4.69) is 28.1 Å². The second-order valence-electron chi connectivity index (χ2n) is 7.41. The molecule has 2 aliphatic rings. The van der Waals surface area contributed by atoms with Gasteiger partial charge in [0.2, 0.25) is 0 Å². The number of amides is 1. The Morgan fingerprint density at radius 3 is 2.63 bits per heavy atom. The number of hydrogen-bond acceptors (Lipinski definition) is 3. The molecule has 27 heavy (non-hydrogen) atoms. The second-order valence-corrected chi connectivity index (χ2v) is 9.10. The Hall–Kier alpha value is -1.98. The summed E-state index contributed by atoms with van der Waals surface area (Å²) >= 11 is 7.65. The lowest BCUT2D eigenvalue weighted by atomic mass is 9.95. The first-order chi connectivity index (χ1) is 13.2. The van der Waals surface area contributed by atoms with Crippen molar-refractivity contribution >= 4 is 44.7 Å². The van der Waals surface area contributed by atoms with Crippen LogP contribution in [-0.2, 0) is 12.8 Å². The summed E-state index contributed by atoms with van der Waals surface area (Å²) in [5.74, 6) is 0.145. The molecule has 1 fully saturated rings. The number of piperazine rings is 1. The van der Waals surface area contributed by atoms with E-state index in [0.717, 1.165) is 54.4 Å². The van der Waals surface area contributed by atoms with Gasteiger partial charge < -0.3 is 14.8 Å². The van der Waals surface area contributed by atoms with Crippen molar-refractivity contribution in [2.45, 2.75) is 25.7 Å². The quantitative estimate of drug-likeness (QED) is 0.677. The fourth-order valence-corrected chi connectivity index (χ4v) is 5.41. The second kappa shape index (κ2) is 6.88. The highest BCUT2D eigenvalue weighted by Crippen LogP contribution is 2.31. The van der Waals surface area contributed by atoms with Gasteiger partial charge in [-0.05, 0) is 61.6 Å². The van der Waals surface area contributed by atoms with Crippen LogP contribution in [0.2, 0.25) is 4.34 Å². The van der Waals surface area contributed by atoms with Gasteiger partial charge in [-0.25, -0.2) is 0 Å². The fourth-order valence-electron chi connectivity index (χ4n) is 4.33. The molecule has 1 amide bonds. The largest absolute Gasteiger partial charge is 0.360 e. The van der Waals surface area contributed by atoms with Crippen LogP contribution >= 0.6 is 22.9 Å². The Morgan fingerprint density at radius 1 is 1.04 bits per heavy atom. The summed E-state index contributed by atoms with van der Waals surface area (Å²) in [7, 11) is 0. The van der Waals surface area contributed by atoms with E-state index < -0.39 is 0 Å². The molecule has 0 spiro atoms. The molecule has 0 saturated carbocycles. The molecule has 1 N–H and O–H groups in total. The molecule has 1 aliphatic heterocycles. The number of aryl methyl sites for hydroxylation is 2. The third-order valence-corrected chi connectivity index (χ3v) is 7.07. The van der Waals surface area contributed by atoms with Gasteiger partial charge in [-0.3, -0.25) is 4.79 Å². The molecule has 140 valence electrons. The maximum atomic E-state index is 13.1. The summed E-state index contributed by atoms with van der Waals surface area (Å²) in [5, 5.41) is 2.43. The van der Waals surface area contributed by atoms with Crippen LogP contribution in [0.1, 0.15) is 34.5 Å². The molecule has 5 rings (SSSR count). The van der Waals surface area contributed by atoms with Gasteiger partial charge in [-0.15, -0.1) is 11.3 Å². The summed E-state index contributed by atoms with van der Waals surface area (Å²) in [6, 6.07) is 10.1. The van der Waals surface area contributed by atoms with Crippen LogP contribution in [0.25, 0.3) is 10.9 Å². The predicted octanol–water partition coefficient (Wildman–Crippen LogP) is 4.72. The Kier molecular flexibility index (Phi) is 4.37. The third-order valence-electron chi connectivity index (χ3n) is 5.78. The van der Waals surface area contributed by atoms with E-state index in [-0.39, 0.29) is 5.91 Å². The van der Waals surface area contributed by atoms with Crippen molar-refractivity contribution in [3.8, 4) is 0 Å². The molecule has 0 bridgehead atoms. The number of benzene rings is 1. The summed E-state index contributed by atoms with van der Waals surface area (Å²) in [4.78, 5) is 20.9. The minimum Gasteiger partial charge on any atom is -0.360 e. The molecule has 6 heteroatoms. The highest BCUT2D eigenvalue weighted by Gasteiger charge is 2.24. The average Bonchev–Trinajstić information content (AvgIpc) is 3.30. The molecule has 4 nitrogen and oxygen atoms in total. The zero-order valence-corrected chi connectivity index (χ0v) is 16.7. The normalized spacial score (nSPS) is 17.4. The standard InChI is InChI=1S/C21H22ClN3OS/c22-19-7-8-20(27-19)24-9-11-25(12-10-24)21(26)14-5-6-18-16(13-14)15-3-1-2-4-17(15)23-18/h5-8,13,23H,1-4,9-12H2. The van der Waals surface area contributed by atoms with Crippen LogP contribution in [0.15, 0.2) is 30.3 Å². The zero-order valence-electron chi connectivity index (χ0n) is 15.1. The van der Waals surface area contributed by atoms with E-state index in [1.165, 1.54) is 34.5 Å².